The number of hydrogen-bond acceptors (Lipinski definition) is 4. The topological polar surface area (TPSA) is 83.2 Å². The van der Waals surface area contributed by atoms with Gasteiger partial charge in [-0.3, -0.25) is 0 Å². The molecule has 0 bridgehead atoms. The van der Waals surface area contributed by atoms with E-state index in [0.29, 0.717) is 16.7 Å². The van der Waals surface area contributed by atoms with Crippen LogP contribution in [0.25, 0.3) is 5.57 Å². The monoisotopic (exact) mass is 742 g/mol. The van der Waals surface area contributed by atoms with Gasteiger partial charge in [-0.15, -0.1) is 0 Å². The normalized spacial score (nSPS) is 15.0. The molecule has 2 N–H and O–H groups in total. The van der Waals surface area contributed by atoms with E-state index >= 15 is 0 Å². The molecule has 6 heteroatoms. The van der Waals surface area contributed by atoms with E-state index in [2.05, 4.69) is 140 Å². The van der Waals surface area contributed by atoms with Crippen molar-refractivity contribution >= 4 is 38.5 Å². The molecule has 0 fully saturated rings. The van der Waals surface area contributed by atoms with Crippen molar-refractivity contribution in [3.8, 4) is 0 Å². The molecule has 0 saturated carbocycles. The number of rotatable bonds is 12. The van der Waals surface area contributed by atoms with Crippen LogP contribution < -0.4 is 10.3 Å². The molecule has 1 aliphatic carbocycles. The summed E-state index contributed by atoms with van der Waals surface area (Å²) in [5.74, 6) is 0.311. The Morgan fingerprint density at radius 2 is 1.28 bits per heavy atom. The number of aryl methyl sites for hydroxylation is 7. The average Bonchev–Trinajstić information content (AvgIpc) is 3.13. The molecule has 0 atom stereocenters. The SMILES string of the molecule is CCc1cc(C)cc(CC)c1Nc1ccc(C(=C2C=CC(=[NH+]c3c(CC)cc(C)cc3CC)C(C(C)C)=C2)c2ccc(C)cc2S(=O)(=O)[O-])cc1C(C)C. The molecule has 284 valence electrons. The van der Waals surface area contributed by atoms with Crippen molar-refractivity contribution in [3.63, 3.8) is 0 Å². The molecule has 0 heterocycles. The van der Waals surface area contributed by atoms with Crippen LogP contribution in [0.1, 0.15) is 117 Å². The molecule has 0 saturated heterocycles. The minimum atomic E-state index is -4.80. The van der Waals surface area contributed by atoms with Gasteiger partial charge in [0.1, 0.15) is 10.1 Å². The Morgan fingerprint density at radius 3 is 1.80 bits per heavy atom. The van der Waals surface area contributed by atoms with Crippen LogP contribution in [0.2, 0.25) is 0 Å². The molecule has 1 aliphatic rings. The van der Waals surface area contributed by atoms with Crippen molar-refractivity contribution < 1.29 is 18.0 Å². The van der Waals surface area contributed by atoms with E-state index in [1.165, 1.54) is 39.4 Å². The maximum Gasteiger partial charge on any atom is 0.210 e. The van der Waals surface area contributed by atoms with Gasteiger partial charge >= 0.3 is 0 Å². The zero-order valence-corrected chi connectivity index (χ0v) is 34.9. The summed E-state index contributed by atoms with van der Waals surface area (Å²) in [6.45, 7) is 23.6. The Labute approximate surface area is 324 Å². The smallest absolute Gasteiger partial charge is 0.210 e. The van der Waals surface area contributed by atoms with Crippen molar-refractivity contribution in [1.29, 1.82) is 0 Å². The largest absolute Gasteiger partial charge is 0.744 e. The van der Waals surface area contributed by atoms with Gasteiger partial charge in [-0.05, 0) is 140 Å². The lowest BCUT2D eigenvalue weighted by molar-refractivity contribution is -0.353. The third-order valence-corrected chi connectivity index (χ3v) is 11.4. The van der Waals surface area contributed by atoms with Crippen LogP contribution in [0.15, 0.2) is 94.9 Å². The summed E-state index contributed by atoms with van der Waals surface area (Å²) in [4.78, 5) is 3.61. The molecule has 0 spiro atoms. The van der Waals surface area contributed by atoms with Gasteiger partial charge in [0, 0.05) is 39.7 Å². The van der Waals surface area contributed by atoms with E-state index in [-0.39, 0.29) is 16.7 Å². The highest BCUT2D eigenvalue weighted by molar-refractivity contribution is 7.85. The Kier molecular flexibility index (Phi) is 12.7. The molecular formula is C48H58N2O3S. The van der Waals surface area contributed by atoms with Gasteiger partial charge in [0.05, 0.1) is 4.90 Å². The number of nitrogens with one attached hydrogen (secondary N) is 2. The van der Waals surface area contributed by atoms with Crippen molar-refractivity contribution in [2.24, 2.45) is 5.92 Å². The van der Waals surface area contributed by atoms with Crippen LogP contribution in [-0.4, -0.2) is 18.7 Å². The first-order chi connectivity index (χ1) is 25.6. The predicted octanol–water partition coefficient (Wildman–Crippen LogP) is 10.4. The van der Waals surface area contributed by atoms with Gasteiger partial charge in [0.15, 0.2) is 0 Å². The summed E-state index contributed by atoms with van der Waals surface area (Å²) in [5, 5.41) is 3.82. The Bertz CT molecular complexity index is 2250. The number of hydrogen-bond donors (Lipinski definition) is 2. The van der Waals surface area contributed by atoms with Crippen LogP contribution >= 0.6 is 0 Å². The molecule has 0 amide bonds. The van der Waals surface area contributed by atoms with Gasteiger partial charge in [-0.25, -0.2) is 13.4 Å². The van der Waals surface area contributed by atoms with Crippen LogP contribution in [0.5, 0.6) is 0 Å². The van der Waals surface area contributed by atoms with Gasteiger partial charge in [0.2, 0.25) is 11.4 Å². The third kappa shape index (κ3) is 8.72. The second-order valence-electron chi connectivity index (χ2n) is 15.3. The minimum absolute atomic E-state index is 0.155. The van der Waals surface area contributed by atoms with Crippen molar-refractivity contribution in [2.45, 2.75) is 113 Å². The summed E-state index contributed by atoms with van der Waals surface area (Å²) < 4.78 is 38.8. The lowest BCUT2D eigenvalue weighted by Crippen LogP contribution is -2.68. The van der Waals surface area contributed by atoms with E-state index in [1.807, 2.05) is 13.0 Å². The fourth-order valence-electron chi connectivity index (χ4n) is 7.73. The second-order valence-corrected chi connectivity index (χ2v) is 16.7. The summed E-state index contributed by atoms with van der Waals surface area (Å²) in [7, 11) is -4.80. The highest BCUT2D eigenvalue weighted by Crippen LogP contribution is 2.39. The maximum absolute atomic E-state index is 12.9. The van der Waals surface area contributed by atoms with E-state index in [9.17, 15) is 13.0 Å². The van der Waals surface area contributed by atoms with Gasteiger partial charge < -0.3 is 9.87 Å². The molecule has 5 rings (SSSR count). The highest BCUT2D eigenvalue weighted by Gasteiger charge is 2.25. The first-order valence-electron chi connectivity index (χ1n) is 19.6. The fourth-order valence-corrected chi connectivity index (χ4v) is 8.50. The van der Waals surface area contributed by atoms with Crippen molar-refractivity contribution in [3.05, 3.63) is 146 Å². The van der Waals surface area contributed by atoms with Crippen LogP contribution in [-0.2, 0) is 35.8 Å². The minimum Gasteiger partial charge on any atom is -0.744 e. The molecule has 0 unspecified atom stereocenters. The number of benzene rings is 4. The van der Waals surface area contributed by atoms with E-state index in [0.717, 1.165) is 70.7 Å². The molecule has 54 heavy (non-hydrogen) atoms. The fraction of sp³-hybridized carbons (Fsp3) is 0.354. The molecule has 0 aliphatic heterocycles. The molecule has 5 nitrogen and oxygen atoms in total. The van der Waals surface area contributed by atoms with Crippen molar-refractivity contribution in [2.75, 3.05) is 5.32 Å². The number of allylic oxidation sites excluding steroid dienone is 5. The lowest BCUT2D eigenvalue weighted by Gasteiger charge is -2.24. The molecule has 4 aromatic carbocycles. The zero-order valence-electron chi connectivity index (χ0n) is 34.1. The summed E-state index contributed by atoms with van der Waals surface area (Å²) >= 11 is 0. The zero-order chi connectivity index (χ0) is 39.5. The van der Waals surface area contributed by atoms with Gasteiger partial charge in [-0.2, -0.15) is 0 Å². The molecular weight excluding hydrogens is 685 g/mol. The second kappa shape index (κ2) is 16.9. The molecule has 0 aromatic heterocycles. The first-order valence-corrected chi connectivity index (χ1v) is 21.0. The van der Waals surface area contributed by atoms with E-state index < -0.39 is 10.1 Å². The number of anilines is 2. The van der Waals surface area contributed by atoms with Crippen LogP contribution in [0.4, 0.5) is 17.1 Å². The Morgan fingerprint density at radius 1 is 0.704 bits per heavy atom. The highest BCUT2D eigenvalue weighted by atomic mass is 32.2. The Balaban J connectivity index is 1.79. The third-order valence-electron chi connectivity index (χ3n) is 10.5. The average molecular weight is 743 g/mol. The van der Waals surface area contributed by atoms with Gasteiger partial charge in [-0.1, -0.05) is 96.8 Å². The predicted molar refractivity (Wildman–Crippen MR) is 227 cm³/mol. The lowest BCUT2D eigenvalue weighted by atomic mass is 9.84. The Hall–Kier alpha value is -4.52. The van der Waals surface area contributed by atoms with Crippen LogP contribution in [0.3, 0.4) is 0 Å². The first kappa shape index (κ1) is 40.7. The summed E-state index contributed by atoms with van der Waals surface area (Å²) in [6, 6.07) is 20.6. The van der Waals surface area contributed by atoms with Crippen LogP contribution in [0, 0.1) is 26.7 Å². The molecule has 0 radical (unpaired) electrons. The standard InChI is InChI=1S/C48H58N2O3S/c1-12-34-22-32(10)23-35(13-2)47(34)49-43-20-17-38(27-41(43)29(5)6)46(40-19-16-31(9)26-45(40)54(51,52)53)39-18-21-44(42(28-39)30(7)8)50-48-36(14-3)24-33(11)25-37(48)15-4/h16-30,49H,12-15H2,1-11H3,(H,51,52,53). The molecule has 4 aromatic rings. The summed E-state index contributed by atoms with van der Waals surface area (Å²) in [6.07, 6.45) is 9.99. The quantitative estimate of drug-likeness (QED) is 0.142. The van der Waals surface area contributed by atoms with Gasteiger partial charge in [0.25, 0.3) is 0 Å². The van der Waals surface area contributed by atoms with E-state index in [4.69, 9.17) is 0 Å². The maximum atomic E-state index is 12.9. The van der Waals surface area contributed by atoms with Crippen molar-refractivity contribution in [1.82, 2.24) is 0 Å². The summed E-state index contributed by atoms with van der Waals surface area (Å²) in [5.41, 5.74) is 17.7. The van der Waals surface area contributed by atoms with E-state index in [1.54, 1.807) is 6.07 Å².